The number of nitrogens with one attached hydrogen (secondary N) is 2. The number of sulfonamides is 1. The van der Waals surface area contributed by atoms with Crippen molar-refractivity contribution < 1.29 is 13.2 Å². The smallest absolute Gasteiger partial charge is 0.317 e. The van der Waals surface area contributed by atoms with Crippen molar-refractivity contribution in [1.82, 2.24) is 24.5 Å². The summed E-state index contributed by atoms with van der Waals surface area (Å²) < 4.78 is 26.8. The first-order valence-electron chi connectivity index (χ1n) is 7.40. The number of hydrogen-bond donors (Lipinski definition) is 2. The van der Waals surface area contributed by atoms with Gasteiger partial charge in [0.05, 0.1) is 12.6 Å². The van der Waals surface area contributed by atoms with Crippen molar-refractivity contribution in [2.45, 2.75) is 31.8 Å². The number of carbonyl (C=O) groups is 1. The third-order valence-electron chi connectivity index (χ3n) is 3.67. The van der Waals surface area contributed by atoms with E-state index < -0.39 is 10.0 Å². The molecule has 0 unspecified atom stereocenters. The van der Waals surface area contributed by atoms with Crippen molar-refractivity contribution in [2.75, 3.05) is 25.9 Å². The lowest BCUT2D eigenvalue weighted by Crippen LogP contribution is -2.53. The number of amides is 2. The predicted octanol–water partition coefficient (Wildman–Crippen LogP) is -0.00360. The zero-order valence-electron chi connectivity index (χ0n) is 12.7. The van der Waals surface area contributed by atoms with Gasteiger partial charge in [-0.05, 0) is 19.3 Å². The van der Waals surface area contributed by atoms with E-state index in [4.69, 9.17) is 0 Å². The highest BCUT2D eigenvalue weighted by Crippen LogP contribution is 2.16. The first kappa shape index (κ1) is 16.8. The van der Waals surface area contributed by atoms with E-state index in [9.17, 15) is 13.2 Å². The summed E-state index contributed by atoms with van der Waals surface area (Å²) >= 11 is 0. The van der Waals surface area contributed by atoms with Crippen molar-refractivity contribution in [3.8, 4) is 0 Å². The minimum atomic E-state index is -3.24. The fraction of sp³-hybridized carbons (Fsp3) is 0.692. The van der Waals surface area contributed by atoms with Crippen LogP contribution in [0.15, 0.2) is 18.7 Å². The van der Waals surface area contributed by atoms with Gasteiger partial charge in [-0.1, -0.05) is 0 Å². The second-order valence-corrected chi connectivity index (χ2v) is 7.33. The molecule has 1 aromatic heterocycles. The molecule has 1 saturated heterocycles. The lowest BCUT2D eigenvalue weighted by Gasteiger charge is -2.35. The van der Waals surface area contributed by atoms with Crippen molar-refractivity contribution in [2.24, 2.45) is 0 Å². The Balaban J connectivity index is 1.82. The van der Waals surface area contributed by atoms with Crippen LogP contribution >= 0.6 is 0 Å². The van der Waals surface area contributed by atoms with E-state index in [0.29, 0.717) is 19.6 Å². The summed E-state index contributed by atoms with van der Waals surface area (Å²) in [4.78, 5) is 17.9. The van der Waals surface area contributed by atoms with E-state index in [1.807, 2.05) is 10.8 Å². The first-order valence-corrected chi connectivity index (χ1v) is 9.30. The number of likely N-dealkylation sites (tertiary alicyclic amines) is 1. The first-order chi connectivity index (χ1) is 10.5. The van der Waals surface area contributed by atoms with Gasteiger partial charge in [-0.25, -0.2) is 22.9 Å². The summed E-state index contributed by atoms with van der Waals surface area (Å²) in [6.07, 6.45) is 9.14. The molecule has 0 saturated carbocycles. The molecule has 22 heavy (non-hydrogen) atoms. The molecular weight excluding hydrogens is 306 g/mol. The predicted molar refractivity (Wildman–Crippen MR) is 82.8 cm³/mol. The second kappa shape index (κ2) is 7.59. The van der Waals surface area contributed by atoms with Gasteiger partial charge in [-0.15, -0.1) is 0 Å². The van der Waals surface area contributed by atoms with Gasteiger partial charge in [0, 0.05) is 44.6 Å². The average Bonchev–Trinajstić information content (AvgIpc) is 2.98. The Hall–Kier alpha value is -1.61. The molecule has 8 nitrogen and oxygen atoms in total. The maximum Gasteiger partial charge on any atom is 0.317 e. The van der Waals surface area contributed by atoms with Gasteiger partial charge < -0.3 is 14.8 Å². The summed E-state index contributed by atoms with van der Waals surface area (Å²) in [5, 5.41) is 2.88. The largest absolute Gasteiger partial charge is 0.336 e. The molecule has 0 aliphatic carbocycles. The number of nitrogens with zero attached hydrogens (tertiary/aromatic N) is 3. The van der Waals surface area contributed by atoms with Gasteiger partial charge in [-0.3, -0.25) is 0 Å². The number of carbonyl (C=O) groups excluding carboxylic acids is 1. The van der Waals surface area contributed by atoms with Crippen LogP contribution < -0.4 is 10.0 Å². The van der Waals surface area contributed by atoms with Gasteiger partial charge in [0.2, 0.25) is 10.0 Å². The quantitative estimate of drug-likeness (QED) is 0.767. The fourth-order valence-electron chi connectivity index (χ4n) is 2.54. The van der Waals surface area contributed by atoms with Crippen molar-refractivity contribution in [1.29, 1.82) is 0 Å². The fourth-order valence-corrected chi connectivity index (χ4v) is 3.04. The SMILES string of the molecule is CS(=O)(=O)NC[C@H]1CCCCN1C(=O)NCCn1ccnc1. The van der Waals surface area contributed by atoms with E-state index >= 15 is 0 Å². The molecule has 1 fully saturated rings. The highest BCUT2D eigenvalue weighted by molar-refractivity contribution is 7.88. The Morgan fingerprint density at radius 2 is 2.23 bits per heavy atom. The number of aromatic nitrogens is 2. The second-order valence-electron chi connectivity index (χ2n) is 5.50. The summed E-state index contributed by atoms with van der Waals surface area (Å²) in [5.74, 6) is 0. The molecule has 2 amide bonds. The van der Waals surface area contributed by atoms with Crippen LogP contribution in [0.2, 0.25) is 0 Å². The Morgan fingerprint density at radius 3 is 2.91 bits per heavy atom. The van der Waals surface area contributed by atoms with Crippen molar-refractivity contribution in [3.05, 3.63) is 18.7 Å². The molecule has 1 aliphatic heterocycles. The molecule has 1 aromatic rings. The number of imidazole rings is 1. The van der Waals surface area contributed by atoms with Crippen molar-refractivity contribution >= 4 is 16.1 Å². The monoisotopic (exact) mass is 329 g/mol. The van der Waals surface area contributed by atoms with Gasteiger partial charge in [0.25, 0.3) is 0 Å². The van der Waals surface area contributed by atoms with Crippen LogP contribution in [0.4, 0.5) is 4.79 Å². The lowest BCUT2D eigenvalue weighted by atomic mass is 10.0. The van der Waals surface area contributed by atoms with Crippen LogP contribution in [0.5, 0.6) is 0 Å². The molecule has 0 radical (unpaired) electrons. The maximum absolute atomic E-state index is 12.3. The molecular formula is C13H23N5O3S. The van der Waals surface area contributed by atoms with E-state index in [1.54, 1.807) is 17.4 Å². The van der Waals surface area contributed by atoms with Gasteiger partial charge >= 0.3 is 6.03 Å². The van der Waals surface area contributed by atoms with Crippen LogP contribution in [-0.2, 0) is 16.6 Å². The van der Waals surface area contributed by atoms with Gasteiger partial charge in [0.15, 0.2) is 0 Å². The zero-order chi connectivity index (χ0) is 16.0. The Morgan fingerprint density at radius 1 is 1.41 bits per heavy atom. The number of rotatable bonds is 6. The Labute approximate surface area is 130 Å². The van der Waals surface area contributed by atoms with Crippen LogP contribution in [0.3, 0.4) is 0 Å². The molecule has 0 bridgehead atoms. The lowest BCUT2D eigenvalue weighted by molar-refractivity contribution is 0.152. The third-order valence-corrected chi connectivity index (χ3v) is 4.37. The van der Waals surface area contributed by atoms with E-state index in [-0.39, 0.29) is 18.6 Å². The maximum atomic E-state index is 12.3. The van der Waals surface area contributed by atoms with E-state index in [2.05, 4.69) is 15.0 Å². The summed E-state index contributed by atoms with van der Waals surface area (Å²) in [6.45, 7) is 2.10. The normalized spacial score (nSPS) is 19.1. The highest BCUT2D eigenvalue weighted by Gasteiger charge is 2.26. The molecule has 1 aliphatic rings. The molecule has 2 N–H and O–H groups in total. The Bertz CT molecular complexity index is 573. The molecule has 2 rings (SSSR count). The van der Waals surface area contributed by atoms with E-state index in [0.717, 1.165) is 25.5 Å². The topological polar surface area (TPSA) is 96.3 Å². The highest BCUT2D eigenvalue weighted by atomic mass is 32.2. The molecule has 0 spiro atoms. The van der Waals surface area contributed by atoms with Crippen LogP contribution in [0.25, 0.3) is 0 Å². The average molecular weight is 329 g/mol. The van der Waals surface area contributed by atoms with Gasteiger partial charge in [0.1, 0.15) is 0 Å². The summed E-state index contributed by atoms with van der Waals surface area (Å²) in [5.41, 5.74) is 0. The number of piperidine rings is 1. The van der Waals surface area contributed by atoms with Crippen LogP contribution in [-0.4, -0.2) is 60.8 Å². The number of hydrogen-bond acceptors (Lipinski definition) is 4. The minimum Gasteiger partial charge on any atom is -0.336 e. The van der Waals surface area contributed by atoms with Crippen LogP contribution in [0, 0.1) is 0 Å². The number of urea groups is 1. The Kier molecular flexibility index (Phi) is 5.78. The van der Waals surface area contributed by atoms with E-state index in [1.165, 1.54) is 0 Å². The van der Waals surface area contributed by atoms with Crippen molar-refractivity contribution in [3.63, 3.8) is 0 Å². The molecule has 2 heterocycles. The molecule has 124 valence electrons. The standard InChI is InChI=1S/C13H23N5O3S/c1-22(20,21)16-10-12-4-2-3-7-18(12)13(19)15-6-9-17-8-5-14-11-17/h5,8,11-12,16H,2-4,6-7,9-10H2,1H3,(H,15,19)/t12-/m1/s1. The van der Waals surface area contributed by atoms with Gasteiger partial charge in [-0.2, -0.15) is 0 Å². The molecule has 0 aromatic carbocycles. The summed E-state index contributed by atoms with van der Waals surface area (Å²) in [6, 6.07) is -0.225. The third kappa shape index (κ3) is 5.30. The molecule has 1 atom stereocenters. The zero-order valence-corrected chi connectivity index (χ0v) is 13.6. The molecule has 9 heteroatoms. The minimum absolute atomic E-state index is 0.0864. The van der Waals surface area contributed by atoms with Crippen LogP contribution in [0.1, 0.15) is 19.3 Å². The summed E-state index contributed by atoms with van der Waals surface area (Å²) in [7, 11) is -3.24.